The molecule has 31 heavy (non-hydrogen) atoms. The molecule has 0 radical (unpaired) electrons. The maximum atomic E-state index is 12.5. The zero-order valence-corrected chi connectivity index (χ0v) is 19.1. The van der Waals surface area contributed by atoms with Gasteiger partial charge in [0.25, 0.3) is 5.91 Å². The van der Waals surface area contributed by atoms with Gasteiger partial charge in [-0.05, 0) is 42.0 Å². The maximum absolute atomic E-state index is 12.5. The topological polar surface area (TPSA) is 74.0 Å². The number of carbonyl (C=O) groups excluding carboxylic acids is 1. The van der Waals surface area contributed by atoms with Gasteiger partial charge in [0.2, 0.25) is 0 Å². The van der Waals surface area contributed by atoms with Crippen molar-refractivity contribution in [2.24, 2.45) is 0 Å². The van der Waals surface area contributed by atoms with E-state index in [1.54, 1.807) is 41.3 Å². The van der Waals surface area contributed by atoms with Gasteiger partial charge in [-0.1, -0.05) is 51.3 Å². The van der Waals surface area contributed by atoms with Crippen LogP contribution in [0.25, 0.3) is 0 Å². The largest absolute Gasteiger partial charge is 0.470 e. The second-order valence-corrected chi connectivity index (χ2v) is 8.33. The summed E-state index contributed by atoms with van der Waals surface area (Å²) >= 11 is 15.5. The first-order valence-electron chi connectivity index (χ1n) is 9.17. The first-order chi connectivity index (χ1) is 15.0. The molecule has 0 spiro atoms. The minimum absolute atomic E-state index is 0.114. The van der Waals surface area contributed by atoms with Crippen LogP contribution in [-0.4, -0.2) is 25.5 Å². The van der Waals surface area contributed by atoms with E-state index in [0.717, 1.165) is 10.0 Å². The highest BCUT2D eigenvalue weighted by molar-refractivity contribution is 9.10. The minimum Gasteiger partial charge on any atom is -0.470 e. The summed E-state index contributed by atoms with van der Waals surface area (Å²) in [4.78, 5) is 12.5. The fourth-order valence-corrected chi connectivity index (χ4v) is 3.74. The molecule has 1 N–H and O–H groups in total. The molecular formula is C21H16BrCl2N5O2. The summed E-state index contributed by atoms with van der Waals surface area (Å²) < 4.78 is 9.73. The number of hydrogen-bond donors (Lipinski definition) is 1. The molecule has 7 nitrogen and oxygen atoms in total. The van der Waals surface area contributed by atoms with Crippen molar-refractivity contribution in [3.05, 3.63) is 92.8 Å². The summed E-state index contributed by atoms with van der Waals surface area (Å²) in [5.41, 5.74) is 1.26. The summed E-state index contributed by atoms with van der Waals surface area (Å²) in [6, 6.07) is 16.2. The van der Waals surface area contributed by atoms with Gasteiger partial charge in [-0.2, -0.15) is 10.2 Å². The summed E-state index contributed by atoms with van der Waals surface area (Å²) in [7, 11) is 0. The third-order valence-electron chi connectivity index (χ3n) is 4.24. The maximum Gasteiger partial charge on any atom is 0.277 e. The third-order valence-corrected chi connectivity index (χ3v) is 5.26. The highest BCUT2D eigenvalue weighted by Crippen LogP contribution is 2.27. The van der Waals surface area contributed by atoms with Gasteiger partial charge in [-0.15, -0.1) is 0 Å². The van der Waals surface area contributed by atoms with Crippen LogP contribution in [0.5, 0.6) is 5.75 Å². The Hall–Kier alpha value is -2.81. The van der Waals surface area contributed by atoms with E-state index in [2.05, 4.69) is 31.4 Å². The second-order valence-electron chi connectivity index (χ2n) is 6.57. The standard InChI is InChI=1S/C21H16BrCl2N5O2/c22-15-4-5-19(17(24)11-15)31-13-29-8-6-18(26-29)21(30)25-20-7-9-28(27-20)12-14-2-1-3-16(23)10-14/h1-11H,12-13H2,(H,25,27,30). The number of rotatable bonds is 7. The van der Waals surface area contributed by atoms with Crippen molar-refractivity contribution in [2.75, 3.05) is 5.32 Å². The summed E-state index contributed by atoms with van der Waals surface area (Å²) in [5.74, 6) is 0.588. The molecule has 10 heteroatoms. The van der Waals surface area contributed by atoms with Gasteiger partial charge in [-0.25, -0.2) is 4.68 Å². The second kappa shape index (κ2) is 9.55. The van der Waals surface area contributed by atoms with Crippen molar-refractivity contribution in [2.45, 2.75) is 13.3 Å². The Morgan fingerprint density at radius 1 is 1.03 bits per heavy atom. The van der Waals surface area contributed by atoms with Crippen LogP contribution in [0, 0.1) is 0 Å². The van der Waals surface area contributed by atoms with Crippen molar-refractivity contribution in [1.82, 2.24) is 19.6 Å². The summed E-state index contributed by atoms with van der Waals surface area (Å²) in [6.07, 6.45) is 3.43. The average Bonchev–Trinajstić information content (AvgIpc) is 3.37. The lowest BCUT2D eigenvalue weighted by atomic mass is 10.2. The van der Waals surface area contributed by atoms with Gasteiger partial charge in [0.1, 0.15) is 5.75 Å². The first kappa shape index (κ1) is 21.4. The quantitative estimate of drug-likeness (QED) is 0.350. The van der Waals surface area contributed by atoms with E-state index >= 15 is 0 Å². The molecule has 0 aliphatic heterocycles. The van der Waals surface area contributed by atoms with E-state index in [1.165, 1.54) is 4.68 Å². The predicted octanol–water partition coefficient (Wildman–Crippen LogP) is 5.49. The average molecular weight is 521 g/mol. The third kappa shape index (κ3) is 5.66. The molecule has 1 amide bonds. The molecule has 2 aromatic carbocycles. The van der Waals surface area contributed by atoms with Crippen LogP contribution in [0.1, 0.15) is 16.1 Å². The number of benzene rings is 2. The number of aromatic nitrogens is 4. The van der Waals surface area contributed by atoms with E-state index in [9.17, 15) is 4.79 Å². The van der Waals surface area contributed by atoms with Crippen molar-refractivity contribution in [1.29, 1.82) is 0 Å². The van der Waals surface area contributed by atoms with E-state index in [-0.39, 0.29) is 18.3 Å². The number of nitrogens with zero attached hydrogens (tertiary/aromatic N) is 4. The molecule has 0 saturated heterocycles. The van der Waals surface area contributed by atoms with Crippen LogP contribution in [-0.2, 0) is 13.3 Å². The molecule has 0 aliphatic carbocycles. The molecule has 0 fully saturated rings. The number of anilines is 1. The zero-order valence-electron chi connectivity index (χ0n) is 16.0. The molecular weight excluding hydrogens is 505 g/mol. The van der Waals surface area contributed by atoms with Gasteiger partial charge in [0, 0.05) is 28.0 Å². The minimum atomic E-state index is -0.367. The van der Waals surface area contributed by atoms with Crippen LogP contribution in [0.4, 0.5) is 5.82 Å². The van der Waals surface area contributed by atoms with Crippen LogP contribution in [0.3, 0.4) is 0 Å². The molecule has 2 aromatic heterocycles. The predicted molar refractivity (Wildman–Crippen MR) is 123 cm³/mol. The van der Waals surface area contributed by atoms with E-state index in [4.69, 9.17) is 27.9 Å². The number of hydrogen-bond acceptors (Lipinski definition) is 4. The Labute approximate surface area is 196 Å². The van der Waals surface area contributed by atoms with Crippen LogP contribution >= 0.6 is 39.1 Å². The lowest BCUT2D eigenvalue weighted by Gasteiger charge is -2.08. The molecule has 2 heterocycles. The molecule has 0 atom stereocenters. The van der Waals surface area contributed by atoms with Gasteiger partial charge in [0.15, 0.2) is 18.2 Å². The van der Waals surface area contributed by atoms with Gasteiger partial charge in [0.05, 0.1) is 11.6 Å². The van der Waals surface area contributed by atoms with E-state index in [1.807, 2.05) is 30.3 Å². The molecule has 0 aliphatic rings. The van der Waals surface area contributed by atoms with Gasteiger partial charge in [-0.3, -0.25) is 9.48 Å². The Bertz CT molecular complexity index is 1220. The Morgan fingerprint density at radius 2 is 1.87 bits per heavy atom. The number of ether oxygens (including phenoxy) is 1. The molecule has 158 valence electrons. The first-order valence-corrected chi connectivity index (χ1v) is 10.7. The lowest BCUT2D eigenvalue weighted by molar-refractivity contribution is 0.101. The van der Waals surface area contributed by atoms with Crippen molar-refractivity contribution in [3.8, 4) is 5.75 Å². The summed E-state index contributed by atoms with van der Waals surface area (Å²) in [5, 5.41) is 12.5. The molecule has 4 rings (SSSR count). The number of halogens is 3. The van der Waals surface area contributed by atoms with E-state index < -0.39 is 0 Å². The van der Waals surface area contributed by atoms with Crippen molar-refractivity contribution >= 4 is 50.9 Å². The molecule has 4 aromatic rings. The number of nitrogens with one attached hydrogen (secondary N) is 1. The Morgan fingerprint density at radius 3 is 2.68 bits per heavy atom. The monoisotopic (exact) mass is 519 g/mol. The van der Waals surface area contributed by atoms with Crippen LogP contribution < -0.4 is 10.1 Å². The van der Waals surface area contributed by atoms with Crippen molar-refractivity contribution in [3.63, 3.8) is 0 Å². The highest BCUT2D eigenvalue weighted by atomic mass is 79.9. The van der Waals surface area contributed by atoms with Gasteiger partial charge >= 0.3 is 0 Å². The summed E-state index contributed by atoms with van der Waals surface area (Å²) in [6.45, 7) is 0.657. The normalized spacial score (nSPS) is 10.8. The molecule has 0 bridgehead atoms. The number of carbonyl (C=O) groups is 1. The smallest absolute Gasteiger partial charge is 0.277 e. The fraction of sp³-hybridized carbons (Fsp3) is 0.0952. The Kier molecular flexibility index (Phi) is 6.60. The van der Waals surface area contributed by atoms with E-state index in [0.29, 0.717) is 28.2 Å². The SMILES string of the molecule is O=C(Nc1ccn(Cc2cccc(Cl)c2)n1)c1ccn(COc2ccc(Br)cc2Cl)n1. The van der Waals surface area contributed by atoms with Crippen molar-refractivity contribution < 1.29 is 9.53 Å². The Balaban J connectivity index is 1.34. The fourth-order valence-electron chi connectivity index (χ4n) is 2.80. The molecule has 0 unspecified atom stereocenters. The highest BCUT2D eigenvalue weighted by Gasteiger charge is 2.12. The molecule has 0 saturated carbocycles. The van der Waals surface area contributed by atoms with Crippen LogP contribution in [0.2, 0.25) is 10.0 Å². The zero-order chi connectivity index (χ0) is 21.8. The number of amides is 1. The lowest BCUT2D eigenvalue weighted by Crippen LogP contribution is -2.15. The van der Waals surface area contributed by atoms with Gasteiger partial charge < -0.3 is 10.1 Å². The van der Waals surface area contributed by atoms with Crippen LogP contribution in [0.15, 0.2) is 71.5 Å².